The van der Waals surface area contributed by atoms with Gasteiger partial charge in [0.1, 0.15) is 12.4 Å². The number of amides is 1. The third-order valence-electron chi connectivity index (χ3n) is 4.88. The van der Waals surface area contributed by atoms with Crippen LogP contribution in [0.2, 0.25) is 0 Å². The Morgan fingerprint density at radius 3 is 2.52 bits per heavy atom. The summed E-state index contributed by atoms with van der Waals surface area (Å²) in [5, 5.41) is 12.2. The number of ether oxygens (including phenoxy) is 1. The summed E-state index contributed by atoms with van der Waals surface area (Å²) in [6.45, 7) is 10.7. The highest BCUT2D eigenvalue weighted by Crippen LogP contribution is 2.22. The third-order valence-corrected chi connectivity index (χ3v) is 5.85. The van der Waals surface area contributed by atoms with E-state index in [2.05, 4.69) is 41.1 Å². The van der Waals surface area contributed by atoms with Gasteiger partial charge in [-0.3, -0.25) is 9.36 Å². The third kappa shape index (κ3) is 5.98. The van der Waals surface area contributed by atoms with E-state index >= 15 is 0 Å². The molecule has 0 aliphatic carbocycles. The molecule has 1 heterocycles. The first-order chi connectivity index (χ1) is 15.0. The minimum absolute atomic E-state index is 0.0793. The Bertz CT molecular complexity index is 1020. The zero-order chi connectivity index (χ0) is 22.2. The number of anilines is 1. The Morgan fingerprint density at radius 2 is 1.87 bits per heavy atom. The van der Waals surface area contributed by atoms with E-state index in [1.165, 1.54) is 17.3 Å². The largest absolute Gasteiger partial charge is 0.486 e. The number of nitrogens with zero attached hydrogens (tertiary/aromatic N) is 3. The lowest BCUT2D eigenvalue weighted by atomic mass is 10.1. The molecule has 3 aromatic rings. The van der Waals surface area contributed by atoms with Gasteiger partial charge in [0.05, 0.1) is 5.75 Å². The van der Waals surface area contributed by atoms with Crippen LogP contribution in [-0.2, 0) is 24.4 Å². The molecule has 0 spiro atoms. The van der Waals surface area contributed by atoms with Gasteiger partial charge in [-0.25, -0.2) is 0 Å². The maximum atomic E-state index is 12.5. The van der Waals surface area contributed by atoms with Crippen molar-refractivity contribution in [3.63, 3.8) is 0 Å². The van der Waals surface area contributed by atoms with Crippen molar-refractivity contribution < 1.29 is 9.53 Å². The molecule has 1 amide bonds. The fourth-order valence-electron chi connectivity index (χ4n) is 3.13. The predicted octanol–water partition coefficient (Wildman–Crippen LogP) is 4.95. The van der Waals surface area contributed by atoms with Gasteiger partial charge in [-0.2, -0.15) is 0 Å². The van der Waals surface area contributed by atoms with Gasteiger partial charge in [0.25, 0.3) is 0 Å². The van der Waals surface area contributed by atoms with E-state index in [1.54, 1.807) is 6.08 Å². The Balaban J connectivity index is 1.62. The summed E-state index contributed by atoms with van der Waals surface area (Å²) in [6, 6.07) is 14.0. The Labute approximate surface area is 187 Å². The zero-order valence-electron chi connectivity index (χ0n) is 18.2. The molecule has 0 bridgehead atoms. The molecule has 7 heteroatoms. The van der Waals surface area contributed by atoms with Gasteiger partial charge in [0, 0.05) is 12.2 Å². The summed E-state index contributed by atoms with van der Waals surface area (Å²) in [6.07, 6.45) is 2.77. The van der Waals surface area contributed by atoms with Gasteiger partial charge in [-0.1, -0.05) is 55.1 Å². The summed E-state index contributed by atoms with van der Waals surface area (Å²) in [7, 11) is 0. The van der Waals surface area contributed by atoms with Gasteiger partial charge >= 0.3 is 0 Å². The standard InChI is InChI=1S/C24H28N4O2S/c1-5-14-28-21(15-30-20-12-10-19(6-2)11-13-20)26-27-24(28)31-16-22(29)25-23-17(3)8-7-9-18(23)4/h5,7-13H,1,6,14-16H2,2-4H3,(H,25,29). The summed E-state index contributed by atoms with van der Waals surface area (Å²) >= 11 is 1.35. The number of carbonyl (C=O) groups excluding carboxylic acids is 1. The normalized spacial score (nSPS) is 10.7. The van der Waals surface area contributed by atoms with Crippen LogP contribution in [0.5, 0.6) is 5.75 Å². The molecule has 0 aliphatic heterocycles. The van der Waals surface area contributed by atoms with Crippen LogP contribution in [-0.4, -0.2) is 26.4 Å². The van der Waals surface area contributed by atoms with Gasteiger partial charge in [0.2, 0.25) is 5.91 Å². The van der Waals surface area contributed by atoms with Crippen LogP contribution < -0.4 is 10.1 Å². The SMILES string of the molecule is C=CCn1c(COc2ccc(CC)cc2)nnc1SCC(=O)Nc1c(C)cccc1C. The van der Waals surface area contributed by atoms with E-state index in [0.29, 0.717) is 24.1 Å². The number of para-hydroxylation sites is 1. The van der Waals surface area contributed by atoms with Crippen molar-refractivity contribution in [2.24, 2.45) is 0 Å². The number of nitrogens with one attached hydrogen (secondary N) is 1. The van der Waals surface area contributed by atoms with E-state index < -0.39 is 0 Å². The van der Waals surface area contributed by atoms with Crippen molar-refractivity contribution in [2.75, 3.05) is 11.1 Å². The number of rotatable bonds is 10. The molecule has 0 unspecified atom stereocenters. The highest BCUT2D eigenvalue weighted by atomic mass is 32.2. The van der Waals surface area contributed by atoms with Crippen LogP contribution in [0.15, 0.2) is 60.3 Å². The van der Waals surface area contributed by atoms with Crippen LogP contribution in [0, 0.1) is 13.8 Å². The van der Waals surface area contributed by atoms with Crippen molar-refractivity contribution in [1.29, 1.82) is 0 Å². The molecular formula is C24H28N4O2S. The van der Waals surface area contributed by atoms with Crippen LogP contribution in [0.3, 0.4) is 0 Å². The maximum Gasteiger partial charge on any atom is 0.234 e. The lowest BCUT2D eigenvalue weighted by molar-refractivity contribution is -0.113. The summed E-state index contributed by atoms with van der Waals surface area (Å²) in [4.78, 5) is 12.5. The van der Waals surface area contributed by atoms with Crippen molar-refractivity contribution in [2.45, 2.75) is 45.5 Å². The van der Waals surface area contributed by atoms with Gasteiger partial charge in [0.15, 0.2) is 11.0 Å². The first-order valence-electron chi connectivity index (χ1n) is 10.3. The van der Waals surface area contributed by atoms with Crippen molar-refractivity contribution in [1.82, 2.24) is 14.8 Å². The minimum Gasteiger partial charge on any atom is -0.486 e. The molecule has 0 saturated carbocycles. The van der Waals surface area contributed by atoms with Gasteiger partial charge in [-0.15, -0.1) is 16.8 Å². The van der Waals surface area contributed by atoms with Gasteiger partial charge in [-0.05, 0) is 49.1 Å². The average molecular weight is 437 g/mol. The highest BCUT2D eigenvalue weighted by molar-refractivity contribution is 7.99. The van der Waals surface area contributed by atoms with E-state index in [0.717, 1.165) is 29.0 Å². The summed E-state index contributed by atoms with van der Waals surface area (Å²) in [5.41, 5.74) is 4.21. The number of benzene rings is 2. The molecule has 0 aliphatic rings. The fourth-order valence-corrected chi connectivity index (χ4v) is 3.90. The lowest BCUT2D eigenvalue weighted by Crippen LogP contribution is -2.16. The monoisotopic (exact) mass is 436 g/mol. The second-order valence-electron chi connectivity index (χ2n) is 7.19. The van der Waals surface area contributed by atoms with Crippen molar-refractivity contribution in [3.05, 3.63) is 77.6 Å². The molecule has 6 nitrogen and oxygen atoms in total. The molecular weight excluding hydrogens is 408 g/mol. The Morgan fingerprint density at radius 1 is 1.16 bits per heavy atom. The predicted molar refractivity (Wildman–Crippen MR) is 126 cm³/mol. The number of aryl methyl sites for hydroxylation is 3. The number of thioether (sulfide) groups is 1. The van der Waals surface area contributed by atoms with Gasteiger partial charge < -0.3 is 10.1 Å². The molecule has 0 saturated heterocycles. The van der Waals surface area contributed by atoms with E-state index in [1.807, 2.05) is 48.7 Å². The van der Waals surface area contributed by atoms with E-state index in [9.17, 15) is 4.79 Å². The smallest absolute Gasteiger partial charge is 0.234 e. The first kappa shape index (κ1) is 22.6. The first-order valence-corrected chi connectivity index (χ1v) is 11.2. The zero-order valence-corrected chi connectivity index (χ0v) is 19.0. The molecule has 0 fully saturated rings. The Hall–Kier alpha value is -3.06. The van der Waals surface area contributed by atoms with Crippen LogP contribution in [0.25, 0.3) is 0 Å². The molecule has 31 heavy (non-hydrogen) atoms. The van der Waals surface area contributed by atoms with Crippen LogP contribution >= 0.6 is 11.8 Å². The second-order valence-corrected chi connectivity index (χ2v) is 8.13. The molecule has 1 N–H and O–H groups in total. The Kier molecular flexibility index (Phi) is 7.89. The molecule has 3 rings (SSSR count). The fraction of sp³-hybridized carbons (Fsp3) is 0.292. The maximum absolute atomic E-state index is 12.5. The molecule has 2 aromatic carbocycles. The topological polar surface area (TPSA) is 69.0 Å². The second kappa shape index (κ2) is 10.8. The van der Waals surface area contributed by atoms with Crippen LogP contribution in [0.1, 0.15) is 29.4 Å². The van der Waals surface area contributed by atoms with Crippen molar-refractivity contribution >= 4 is 23.4 Å². The van der Waals surface area contributed by atoms with E-state index in [4.69, 9.17) is 4.74 Å². The quantitative estimate of drug-likeness (QED) is 0.360. The molecule has 1 aromatic heterocycles. The molecule has 162 valence electrons. The van der Waals surface area contributed by atoms with Crippen molar-refractivity contribution in [3.8, 4) is 5.75 Å². The highest BCUT2D eigenvalue weighted by Gasteiger charge is 2.15. The number of allylic oxidation sites excluding steroid dienone is 1. The number of aromatic nitrogens is 3. The number of hydrogen-bond donors (Lipinski definition) is 1. The number of carbonyl (C=O) groups is 1. The van der Waals surface area contributed by atoms with E-state index in [-0.39, 0.29) is 11.7 Å². The molecule has 0 atom stereocenters. The number of hydrogen-bond acceptors (Lipinski definition) is 5. The molecule has 0 radical (unpaired) electrons. The lowest BCUT2D eigenvalue weighted by Gasteiger charge is -2.12. The average Bonchev–Trinajstić information content (AvgIpc) is 3.15. The minimum atomic E-state index is -0.0793. The van der Waals surface area contributed by atoms with Crippen LogP contribution in [0.4, 0.5) is 5.69 Å². The summed E-state index contributed by atoms with van der Waals surface area (Å²) < 4.78 is 7.80. The summed E-state index contributed by atoms with van der Waals surface area (Å²) in [5.74, 6) is 1.64.